The highest BCUT2D eigenvalue weighted by atomic mass is 19.3. The lowest BCUT2D eigenvalue weighted by molar-refractivity contribution is -0.160. The van der Waals surface area contributed by atoms with Crippen LogP contribution in [0.15, 0.2) is 36.4 Å². The number of aryl methyl sites for hydroxylation is 1. The Balaban J connectivity index is 1.95. The second-order valence-electron chi connectivity index (χ2n) is 4.10. The maximum Gasteiger partial charge on any atom is 0.271 e. The van der Waals surface area contributed by atoms with Gasteiger partial charge < -0.3 is 9.47 Å². The Labute approximate surface area is 98.8 Å². The minimum absolute atomic E-state index is 0.114. The van der Waals surface area contributed by atoms with Crippen LogP contribution in [0, 0.1) is 6.92 Å². The maximum absolute atomic E-state index is 12.0. The van der Waals surface area contributed by atoms with Crippen molar-refractivity contribution in [2.45, 2.75) is 19.1 Å². The van der Waals surface area contributed by atoms with Gasteiger partial charge in [0.15, 0.2) is 6.29 Å². The van der Waals surface area contributed by atoms with Crippen molar-refractivity contribution >= 4 is 0 Å². The number of hydrogen-bond donors (Lipinski definition) is 0. The summed E-state index contributed by atoms with van der Waals surface area (Å²) < 4.78 is 34.4. The molecule has 0 radical (unpaired) electrons. The molecule has 0 N–H and O–H groups in total. The third-order valence-electron chi connectivity index (χ3n) is 2.73. The van der Waals surface area contributed by atoms with Crippen LogP contribution >= 0.6 is 0 Å². The molecule has 1 aliphatic rings. The van der Waals surface area contributed by atoms with Crippen LogP contribution < -0.4 is 0 Å². The Hall–Kier alpha value is -1.26. The van der Waals surface area contributed by atoms with E-state index in [4.69, 9.17) is 9.47 Å². The molecular formula is C13H14F2O2. The van der Waals surface area contributed by atoms with Gasteiger partial charge in [-0.1, -0.05) is 29.8 Å². The van der Waals surface area contributed by atoms with E-state index < -0.39 is 12.4 Å². The van der Waals surface area contributed by atoms with Gasteiger partial charge in [-0.15, -0.1) is 0 Å². The minimum atomic E-state index is -1.77. The topological polar surface area (TPSA) is 18.5 Å². The van der Waals surface area contributed by atoms with Crippen LogP contribution in [0.1, 0.15) is 17.0 Å². The predicted octanol–water partition coefficient (Wildman–Crippen LogP) is 3.23. The first kappa shape index (κ1) is 12.2. The molecule has 0 bridgehead atoms. The van der Waals surface area contributed by atoms with E-state index in [0.717, 1.165) is 5.56 Å². The first-order valence-corrected chi connectivity index (χ1v) is 5.48. The molecule has 1 aromatic rings. The average Bonchev–Trinajstić information content (AvgIpc) is 2.30. The molecule has 2 nitrogen and oxygen atoms in total. The highest BCUT2D eigenvalue weighted by molar-refractivity contribution is 5.25. The summed E-state index contributed by atoms with van der Waals surface area (Å²) in [5.41, 5.74) is 2.30. The number of rotatable bonds is 2. The maximum atomic E-state index is 12.0. The van der Waals surface area contributed by atoms with Crippen molar-refractivity contribution in [3.05, 3.63) is 47.5 Å². The quantitative estimate of drug-likeness (QED) is 0.790. The van der Waals surface area contributed by atoms with Crippen LogP contribution in [0.25, 0.3) is 0 Å². The molecule has 1 saturated heterocycles. The molecular weight excluding hydrogens is 226 g/mol. The molecule has 0 saturated carbocycles. The number of benzene rings is 1. The van der Waals surface area contributed by atoms with Crippen molar-refractivity contribution in [2.24, 2.45) is 0 Å². The van der Waals surface area contributed by atoms with E-state index in [1.807, 2.05) is 31.2 Å². The Kier molecular flexibility index (Phi) is 3.86. The second-order valence-corrected chi connectivity index (χ2v) is 4.10. The second kappa shape index (κ2) is 5.38. The van der Waals surface area contributed by atoms with E-state index in [9.17, 15) is 8.78 Å². The van der Waals surface area contributed by atoms with E-state index in [-0.39, 0.29) is 5.92 Å². The summed E-state index contributed by atoms with van der Waals surface area (Å²) in [7, 11) is 0. The molecule has 0 spiro atoms. The lowest BCUT2D eigenvalue weighted by Crippen LogP contribution is -2.29. The molecule has 4 heteroatoms. The molecule has 1 heterocycles. The molecule has 92 valence electrons. The van der Waals surface area contributed by atoms with E-state index in [2.05, 4.69) is 0 Å². The zero-order valence-electron chi connectivity index (χ0n) is 9.53. The lowest BCUT2D eigenvalue weighted by Gasteiger charge is -2.27. The van der Waals surface area contributed by atoms with Gasteiger partial charge in [0.1, 0.15) is 0 Å². The van der Waals surface area contributed by atoms with Crippen LogP contribution in [-0.2, 0) is 9.47 Å². The number of halogens is 2. The van der Waals surface area contributed by atoms with E-state index in [1.165, 1.54) is 5.56 Å². The van der Waals surface area contributed by atoms with Gasteiger partial charge in [-0.3, -0.25) is 0 Å². The van der Waals surface area contributed by atoms with Crippen LogP contribution in [0.2, 0.25) is 0 Å². The Bertz CT molecular complexity index is 388. The summed E-state index contributed by atoms with van der Waals surface area (Å²) in [6, 6.07) is 8.06. The normalized spacial score (nSPS) is 24.4. The van der Waals surface area contributed by atoms with Crippen molar-refractivity contribution in [1.29, 1.82) is 0 Å². The summed E-state index contributed by atoms with van der Waals surface area (Å²) in [5.74, 6) is 0.114. The van der Waals surface area contributed by atoms with Gasteiger partial charge in [0.05, 0.1) is 13.2 Å². The molecule has 2 rings (SSSR count). The lowest BCUT2D eigenvalue weighted by atomic mass is 9.99. The molecule has 0 aromatic heterocycles. The highest BCUT2D eigenvalue weighted by Gasteiger charge is 2.22. The summed E-state index contributed by atoms with van der Waals surface area (Å²) >= 11 is 0. The molecule has 1 aromatic carbocycles. The third-order valence-corrected chi connectivity index (χ3v) is 2.73. The van der Waals surface area contributed by atoms with Crippen molar-refractivity contribution < 1.29 is 18.3 Å². The fraction of sp³-hybridized carbons (Fsp3) is 0.385. The summed E-state index contributed by atoms with van der Waals surface area (Å²) in [4.78, 5) is 0. The SMILES string of the molecule is Cc1ccc(C2COC(C=C(F)F)OC2)cc1. The number of hydrogen-bond acceptors (Lipinski definition) is 2. The molecule has 17 heavy (non-hydrogen) atoms. The molecule has 0 atom stereocenters. The van der Waals surface area contributed by atoms with Crippen molar-refractivity contribution in [1.82, 2.24) is 0 Å². The molecule has 0 aliphatic carbocycles. The fourth-order valence-corrected chi connectivity index (χ4v) is 1.75. The zero-order valence-corrected chi connectivity index (χ0v) is 9.53. The van der Waals surface area contributed by atoms with Gasteiger partial charge in [-0.2, -0.15) is 8.78 Å². The monoisotopic (exact) mass is 240 g/mol. The van der Waals surface area contributed by atoms with Crippen LogP contribution in [0.3, 0.4) is 0 Å². The summed E-state index contributed by atoms with van der Waals surface area (Å²) in [5, 5.41) is 0. The van der Waals surface area contributed by atoms with Crippen molar-refractivity contribution in [3.8, 4) is 0 Å². The highest BCUT2D eigenvalue weighted by Crippen LogP contribution is 2.23. The van der Waals surface area contributed by atoms with Gasteiger partial charge >= 0.3 is 0 Å². The molecule has 0 unspecified atom stereocenters. The first-order valence-electron chi connectivity index (χ1n) is 5.48. The van der Waals surface area contributed by atoms with Crippen molar-refractivity contribution in [3.63, 3.8) is 0 Å². The molecule has 1 fully saturated rings. The van der Waals surface area contributed by atoms with Gasteiger partial charge in [0.25, 0.3) is 6.08 Å². The Morgan fingerprint density at radius 1 is 1.18 bits per heavy atom. The summed E-state index contributed by atoms with van der Waals surface area (Å²) in [6.07, 6.45) is -2.00. The van der Waals surface area contributed by atoms with Gasteiger partial charge in [0.2, 0.25) is 0 Å². The predicted molar refractivity (Wildman–Crippen MR) is 59.9 cm³/mol. The standard InChI is InChI=1S/C13H14F2O2/c1-9-2-4-10(5-3-9)11-7-16-13(17-8-11)6-12(14)15/h2-6,11,13H,7-8H2,1H3. The smallest absolute Gasteiger partial charge is 0.271 e. The molecule has 1 aliphatic heterocycles. The zero-order chi connectivity index (χ0) is 12.3. The minimum Gasteiger partial charge on any atom is -0.348 e. The Morgan fingerprint density at radius 2 is 1.76 bits per heavy atom. The van der Waals surface area contributed by atoms with Gasteiger partial charge in [-0.25, -0.2) is 0 Å². The van der Waals surface area contributed by atoms with E-state index >= 15 is 0 Å². The fourth-order valence-electron chi connectivity index (χ4n) is 1.75. The third kappa shape index (κ3) is 3.35. The first-order chi connectivity index (χ1) is 8.15. The largest absolute Gasteiger partial charge is 0.348 e. The summed E-state index contributed by atoms with van der Waals surface area (Å²) in [6.45, 7) is 2.82. The van der Waals surface area contributed by atoms with Crippen LogP contribution in [0.5, 0.6) is 0 Å². The van der Waals surface area contributed by atoms with Crippen LogP contribution in [-0.4, -0.2) is 19.5 Å². The molecule has 0 amide bonds. The van der Waals surface area contributed by atoms with Crippen LogP contribution in [0.4, 0.5) is 8.78 Å². The van der Waals surface area contributed by atoms with Crippen molar-refractivity contribution in [2.75, 3.05) is 13.2 Å². The van der Waals surface area contributed by atoms with E-state index in [1.54, 1.807) is 0 Å². The Morgan fingerprint density at radius 3 is 2.29 bits per heavy atom. The van der Waals surface area contributed by atoms with Gasteiger partial charge in [0, 0.05) is 12.0 Å². The average molecular weight is 240 g/mol. The van der Waals surface area contributed by atoms with E-state index in [0.29, 0.717) is 19.3 Å². The number of ether oxygens (including phenoxy) is 2. The van der Waals surface area contributed by atoms with Gasteiger partial charge in [-0.05, 0) is 12.5 Å².